The second kappa shape index (κ2) is 12.6. The van der Waals surface area contributed by atoms with Gasteiger partial charge in [0.2, 0.25) is 11.6 Å². The van der Waals surface area contributed by atoms with Gasteiger partial charge >= 0.3 is 10.2 Å². The Morgan fingerprint density at radius 1 is 1.04 bits per heavy atom. The zero-order valence-corrected chi connectivity index (χ0v) is 28.8. The number of alkyl halides is 2. The number of hydrogen-bond acceptors (Lipinski definition) is 6. The van der Waals surface area contributed by atoms with Crippen LogP contribution in [0, 0.1) is 5.82 Å². The lowest BCUT2D eigenvalue weighted by Crippen LogP contribution is -2.57. The van der Waals surface area contributed by atoms with E-state index >= 15 is 8.78 Å². The van der Waals surface area contributed by atoms with Crippen molar-refractivity contribution >= 4 is 22.0 Å². The van der Waals surface area contributed by atoms with E-state index in [0.29, 0.717) is 47.3 Å². The number of rotatable bonds is 10. The molecular weight excluding hydrogens is 657 g/mol. The molecule has 2 aromatic carbocycles. The van der Waals surface area contributed by atoms with E-state index in [1.165, 1.54) is 6.07 Å². The average molecular weight is 703 g/mol. The van der Waals surface area contributed by atoms with Crippen molar-refractivity contribution in [3.05, 3.63) is 53.3 Å². The molecule has 3 saturated carbocycles. The van der Waals surface area contributed by atoms with Crippen molar-refractivity contribution < 1.29 is 35.9 Å². The lowest BCUT2D eigenvalue weighted by atomic mass is 9.74. The molecule has 5 fully saturated rings. The highest BCUT2D eigenvalue weighted by Gasteiger charge is 2.55. The Bertz CT molecular complexity index is 1740. The quantitative estimate of drug-likeness (QED) is 0.318. The monoisotopic (exact) mass is 702 g/mol. The SMILES string of the molecule is CC(C)(C(=O)NS(=O)(=O)N1CC(F)C1)c1ccc(O[C@@H]2CC[C@@H](NC(=O)[C@@]3(F)CNC4(CCC4)C3)C2)c(-c2cccc(F)c2C2CCC2)c1. The molecule has 2 amide bonds. The molecule has 2 saturated heterocycles. The van der Waals surface area contributed by atoms with Crippen molar-refractivity contribution in [1.29, 1.82) is 0 Å². The summed E-state index contributed by atoms with van der Waals surface area (Å²) in [7, 11) is -4.22. The number of ether oxygens (including phenoxy) is 1. The van der Waals surface area contributed by atoms with Gasteiger partial charge in [-0.1, -0.05) is 24.6 Å². The fourth-order valence-corrected chi connectivity index (χ4v) is 9.25. The van der Waals surface area contributed by atoms with Crippen LogP contribution < -0.4 is 20.1 Å². The number of carbonyl (C=O) groups excluding carboxylic acids is 2. The van der Waals surface area contributed by atoms with Crippen LogP contribution in [0.4, 0.5) is 13.2 Å². The second-order valence-electron chi connectivity index (χ2n) is 15.4. The molecule has 9 nitrogen and oxygen atoms in total. The van der Waals surface area contributed by atoms with E-state index in [-0.39, 0.29) is 55.5 Å². The van der Waals surface area contributed by atoms with E-state index in [1.54, 1.807) is 38.1 Å². The van der Waals surface area contributed by atoms with Gasteiger partial charge in [-0.25, -0.2) is 17.9 Å². The third-order valence-corrected chi connectivity index (χ3v) is 13.0. The first-order valence-corrected chi connectivity index (χ1v) is 18.9. The van der Waals surface area contributed by atoms with Gasteiger partial charge in [-0.3, -0.25) is 9.59 Å². The summed E-state index contributed by atoms with van der Waals surface area (Å²) in [6, 6.07) is 9.82. The van der Waals surface area contributed by atoms with E-state index < -0.39 is 39.3 Å². The molecular formula is C36H45F3N4O5S. The van der Waals surface area contributed by atoms with E-state index in [2.05, 4.69) is 15.4 Å². The molecule has 3 atom stereocenters. The highest BCUT2D eigenvalue weighted by Crippen LogP contribution is 2.47. The number of nitrogens with zero attached hydrogens (tertiary/aromatic N) is 1. The van der Waals surface area contributed by atoms with Crippen molar-refractivity contribution in [1.82, 2.24) is 19.7 Å². The molecule has 3 N–H and O–H groups in total. The van der Waals surface area contributed by atoms with Crippen LogP contribution in [0.2, 0.25) is 0 Å². The van der Waals surface area contributed by atoms with Crippen molar-refractivity contribution in [2.24, 2.45) is 0 Å². The summed E-state index contributed by atoms with van der Waals surface area (Å²) < 4.78 is 79.5. The smallest absolute Gasteiger partial charge is 0.304 e. The summed E-state index contributed by atoms with van der Waals surface area (Å²) in [4.78, 5) is 26.5. The minimum atomic E-state index is -4.22. The van der Waals surface area contributed by atoms with Gasteiger partial charge < -0.3 is 15.4 Å². The predicted molar refractivity (Wildman–Crippen MR) is 178 cm³/mol. The zero-order chi connectivity index (χ0) is 34.8. The minimum Gasteiger partial charge on any atom is -0.490 e. The third-order valence-electron chi connectivity index (χ3n) is 11.6. The van der Waals surface area contributed by atoms with Gasteiger partial charge in [0.15, 0.2) is 0 Å². The van der Waals surface area contributed by atoms with Gasteiger partial charge in [0.1, 0.15) is 23.8 Å². The van der Waals surface area contributed by atoms with Crippen LogP contribution in [0.5, 0.6) is 5.75 Å². The number of nitrogens with one attached hydrogen (secondary N) is 3. The second-order valence-corrected chi connectivity index (χ2v) is 17.0. The summed E-state index contributed by atoms with van der Waals surface area (Å²) >= 11 is 0. The molecule has 49 heavy (non-hydrogen) atoms. The first-order chi connectivity index (χ1) is 23.2. The van der Waals surface area contributed by atoms with Crippen LogP contribution in [0.3, 0.4) is 0 Å². The number of benzene rings is 2. The summed E-state index contributed by atoms with van der Waals surface area (Å²) in [6.45, 7) is 2.61. The summed E-state index contributed by atoms with van der Waals surface area (Å²) in [5, 5.41) is 6.17. The maximum atomic E-state index is 15.7. The molecule has 2 aliphatic heterocycles. The van der Waals surface area contributed by atoms with Crippen LogP contribution in [-0.4, -0.2) is 73.7 Å². The first kappa shape index (κ1) is 34.3. The van der Waals surface area contributed by atoms with E-state index in [4.69, 9.17) is 4.74 Å². The van der Waals surface area contributed by atoms with Crippen molar-refractivity contribution in [3.63, 3.8) is 0 Å². The van der Waals surface area contributed by atoms with Gasteiger partial charge in [-0.05, 0) is 99.6 Å². The average Bonchev–Trinajstić information content (AvgIpc) is 3.60. The molecule has 0 unspecified atom stereocenters. The fourth-order valence-electron chi connectivity index (χ4n) is 7.92. The minimum absolute atomic E-state index is 0.0226. The van der Waals surface area contributed by atoms with Gasteiger partial charge in [0, 0.05) is 49.6 Å². The molecule has 0 aromatic heterocycles. The molecule has 1 spiro atoms. The van der Waals surface area contributed by atoms with Crippen LogP contribution in [0.25, 0.3) is 11.1 Å². The number of carbonyl (C=O) groups is 2. The lowest BCUT2D eigenvalue weighted by molar-refractivity contribution is -0.133. The number of amides is 2. The summed E-state index contributed by atoms with van der Waals surface area (Å²) in [5.74, 6) is -1.18. The van der Waals surface area contributed by atoms with Gasteiger partial charge in [-0.15, -0.1) is 0 Å². The molecule has 2 heterocycles. The summed E-state index contributed by atoms with van der Waals surface area (Å²) in [6.07, 6.45) is 5.86. The summed E-state index contributed by atoms with van der Waals surface area (Å²) in [5.41, 5.74) is -1.24. The predicted octanol–water partition coefficient (Wildman–Crippen LogP) is 5.09. The molecule has 7 rings (SSSR count). The number of hydrogen-bond donors (Lipinski definition) is 3. The lowest BCUT2D eigenvalue weighted by Gasteiger charge is -2.38. The van der Waals surface area contributed by atoms with Gasteiger partial charge in [0.05, 0.1) is 5.41 Å². The molecule has 266 valence electrons. The Morgan fingerprint density at radius 2 is 1.80 bits per heavy atom. The maximum absolute atomic E-state index is 15.7. The molecule has 2 aromatic rings. The maximum Gasteiger partial charge on any atom is 0.304 e. The Kier molecular flexibility index (Phi) is 8.79. The van der Waals surface area contributed by atoms with Crippen molar-refractivity contribution in [2.45, 2.75) is 119 Å². The third kappa shape index (κ3) is 6.46. The van der Waals surface area contributed by atoms with E-state index in [1.807, 2.05) is 6.07 Å². The van der Waals surface area contributed by atoms with Crippen LogP contribution >= 0.6 is 0 Å². The van der Waals surface area contributed by atoms with Crippen LogP contribution in [-0.2, 0) is 25.2 Å². The Balaban J connectivity index is 1.12. The standard InChI is InChI=1S/C36H45F3N4O5S/c1-34(2,32(44)42-49(46,47)43-18-24(37)19-43)23-10-13-30(28(16-23)27-8-4-9-29(38)31(27)22-6-3-7-22)48-26-12-11-25(17-26)41-33(45)36(39)20-35(40-21-36)14-5-15-35/h4,8-10,13,16,22,24-26,40H,3,5-7,11-12,14-15,17-21H2,1-2H3,(H,41,45)(H,42,44)/t25-,26-,36+/m1/s1. The highest BCUT2D eigenvalue weighted by atomic mass is 32.2. The van der Waals surface area contributed by atoms with Crippen LogP contribution in [0.15, 0.2) is 36.4 Å². The Hall–Kier alpha value is -3.16. The Labute approximate surface area is 285 Å². The molecule has 3 aliphatic carbocycles. The van der Waals surface area contributed by atoms with E-state index in [0.717, 1.165) is 42.8 Å². The topological polar surface area (TPSA) is 117 Å². The highest BCUT2D eigenvalue weighted by molar-refractivity contribution is 7.87. The largest absolute Gasteiger partial charge is 0.490 e. The molecule has 13 heteroatoms. The molecule has 0 radical (unpaired) electrons. The first-order valence-electron chi connectivity index (χ1n) is 17.5. The van der Waals surface area contributed by atoms with E-state index in [9.17, 15) is 22.4 Å². The van der Waals surface area contributed by atoms with Crippen LogP contribution in [0.1, 0.15) is 95.1 Å². The molecule has 5 aliphatic rings. The van der Waals surface area contributed by atoms with Gasteiger partial charge in [-0.2, -0.15) is 12.7 Å². The van der Waals surface area contributed by atoms with Crippen molar-refractivity contribution in [3.8, 4) is 16.9 Å². The fraction of sp³-hybridized carbons (Fsp3) is 0.611. The van der Waals surface area contributed by atoms with Gasteiger partial charge in [0.25, 0.3) is 5.91 Å². The zero-order valence-electron chi connectivity index (χ0n) is 28.0. The normalized spacial score (nSPS) is 27.3. The Morgan fingerprint density at radius 3 is 2.43 bits per heavy atom. The molecule has 0 bridgehead atoms. The number of halogens is 3. The van der Waals surface area contributed by atoms with Crippen molar-refractivity contribution in [2.75, 3.05) is 19.6 Å².